The second-order valence-corrected chi connectivity index (χ2v) is 8.07. The molecular formula is C21H28N2O4. The Hall–Kier alpha value is -2.08. The highest BCUT2D eigenvalue weighted by Gasteiger charge is 2.65. The molecule has 146 valence electrons. The minimum absolute atomic E-state index is 0.0369. The molecule has 0 bridgehead atoms. The lowest BCUT2D eigenvalue weighted by Crippen LogP contribution is -2.51. The number of nitrogens with zero attached hydrogens (tertiary/aromatic N) is 2. The van der Waals surface area contributed by atoms with Gasteiger partial charge in [-0.15, -0.1) is 0 Å². The van der Waals surface area contributed by atoms with Crippen LogP contribution < -0.4 is 4.74 Å². The summed E-state index contributed by atoms with van der Waals surface area (Å²) >= 11 is 0. The molecule has 3 aliphatic rings. The molecule has 3 fully saturated rings. The molecule has 3 heterocycles. The van der Waals surface area contributed by atoms with Crippen molar-refractivity contribution in [2.24, 2.45) is 5.92 Å². The molecular weight excluding hydrogens is 344 g/mol. The Labute approximate surface area is 160 Å². The number of hydrogen-bond acceptors (Lipinski definition) is 4. The molecule has 0 saturated carbocycles. The molecule has 3 aliphatic heterocycles. The molecule has 0 unspecified atom stereocenters. The minimum atomic E-state index is -0.619. The van der Waals surface area contributed by atoms with Crippen molar-refractivity contribution in [3.05, 3.63) is 29.8 Å². The molecule has 1 spiro atoms. The fourth-order valence-corrected chi connectivity index (χ4v) is 4.69. The van der Waals surface area contributed by atoms with Gasteiger partial charge < -0.3 is 19.3 Å². The third-order valence-electron chi connectivity index (χ3n) is 6.09. The summed E-state index contributed by atoms with van der Waals surface area (Å²) in [5.41, 5.74) is 0.00600. The van der Waals surface area contributed by atoms with Crippen LogP contribution in [0.5, 0.6) is 5.75 Å². The zero-order valence-corrected chi connectivity index (χ0v) is 16.3. The topological polar surface area (TPSA) is 59.1 Å². The summed E-state index contributed by atoms with van der Waals surface area (Å²) < 4.78 is 11.8. The summed E-state index contributed by atoms with van der Waals surface area (Å²) in [6.45, 7) is 8.14. The van der Waals surface area contributed by atoms with Crippen LogP contribution in [0.15, 0.2) is 24.3 Å². The Kier molecular flexibility index (Phi) is 4.62. The van der Waals surface area contributed by atoms with E-state index >= 15 is 0 Å². The summed E-state index contributed by atoms with van der Waals surface area (Å²) in [6, 6.07) is 7.19. The fourth-order valence-electron chi connectivity index (χ4n) is 4.69. The van der Waals surface area contributed by atoms with E-state index in [0.29, 0.717) is 44.1 Å². The predicted octanol–water partition coefficient (Wildman–Crippen LogP) is 2.67. The quantitative estimate of drug-likeness (QED) is 0.797. The molecule has 0 aromatic heterocycles. The first-order valence-electron chi connectivity index (χ1n) is 9.98. The van der Waals surface area contributed by atoms with Gasteiger partial charge >= 0.3 is 0 Å². The van der Waals surface area contributed by atoms with Gasteiger partial charge in [0.25, 0.3) is 5.91 Å². The lowest BCUT2D eigenvalue weighted by atomic mass is 10.0. The number of carbonyl (C=O) groups is 2. The normalized spacial score (nSPS) is 29.4. The zero-order valence-electron chi connectivity index (χ0n) is 16.3. The second kappa shape index (κ2) is 6.82. The van der Waals surface area contributed by atoms with Crippen LogP contribution in [0.2, 0.25) is 0 Å². The highest BCUT2D eigenvalue weighted by atomic mass is 16.5. The van der Waals surface area contributed by atoms with Crippen LogP contribution in [0.3, 0.4) is 0 Å². The van der Waals surface area contributed by atoms with Gasteiger partial charge in [0, 0.05) is 18.5 Å². The molecule has 0 radical (unpaired) electrons. The van der Waals surface area contributed by atoms with Crippen molar-refractivity contribution in [3.63, 3.8) is 0 Å². The van der Waals surface area contributed by atoms with Crippen molar-refractivity contribution in [2.45, 2.75) is 57.8 Å². The first-order chi connectivity index (χ1) is 13.0. The smallest absolute Gasteiger partial charge is 0.254 e. The largest absolute Gasteiger partial charge is 0.494 e. The number of ether oxygens (including phenoxy) is 2. The molecule has 0 N–H and O–H groups in total. The molecule has 3 saturated heterocycles. The zero-order chi connectivity index (χ0) is 19.2. The van der Waals surface area contributed by atoms with E-state index in [1.54, 1.807) is 12.1 Å². The third kappa shape index (κ3) is 2.81. The maximum Gasteiger partial charge on any atom is 0.254 e. The van der Waals surface area contributed by atoms with Crippen LogP contribution in [0.1, 0.15) is 50.4 Å². The molecule has 3 atom stereocenters. The Morgan fingerprint density at radius 3 is 2.74 bits per heavy atom. The van der Waals surface area contributed by atoms with Crippen molar-refractivity contribution in [3.8, 4) is 5.75 Å². The van der Waals surface area contributed by atoms with Crippen molar-refractivity contribution < 1.29 is 19.1 Å². The van der Waals surface area contributed by atoms with Crippen LogP contribution in [0, 0.1) is 5.92 Å². The highest BCUT2D eigenvalue weighted by Crippen LogP contribution is 2.49. The number of likely N-dealkylation sites (tertiary alicyclic amines) is 1. The van der Waals surface area contributed by atoms with Gasteiger partial charge in [-0.3, -0.25) is 9.59 Å². The summed E-state index contributed by atoms with van der Waals surface area (Å²) in [4.78, 5) is 29.6. The van der Waals surface area contributed by atoms with Crippen molar-refractivity contribution in [2.75, 3.05) is 19.8 Å². The van der Waals surface area contributed by atoms with E-state index in [1.165, 1.54) is 0 Å². The number of carbonyl (C=O) groups excluding carboxylic acids is 2. The second-order valence-electron chi connectivity index (χ2n) is 8.07. The molecule has 6 heteroatoms. The molecule has 6 nitrogen and oxygen atoms in total. The molecule has 1 aromatic carbocycles. The van der Waals surface area contributed by atoms with Gasteiger partial charge in [0.05, 0.1) is 31.7 Å². The van der Waals surface area contributed by atoms with E-state index in [2.05, 4.69) is 20.8 Å². The van der Waals surface area contributed by atoms with Gasteiger partial charge in [-0.05, 0) is 36.6 Å². The first kappa shape index (κ1) is 18.3. The fraction of sp³-hybridized carbons (Fsp3) is 0.619. The average molecular weight is 372 g/mol. The maximum atomic E-state index is 13.1. The molecule has 27 heavy (non-hydrogen) atoms. The summed E-state index contributed by atoms with van der Waals surface area (Å²) in [5.74, 6) is 1.18. The van der Waals surface area contributed by atoms with Crippen molar-refractivity contribution >= 4 is 11.8 Å². The lowest BCUT2D eigenvalue weighted by Gasteiger charge is -2.34. The van der Waals surface area contributed by atoms with Crippen LogP contribution in [0.25, 0.3) is 0 Å². The highest BCUT2D eigenvalue weighted by molar-refractivity contribution is 5.96. The van der Waals surface area contributed by atoms with Gasteiger partial charge in [0.15, 0.2) is 5.72 Å². The molecule has 4 rings (SSSR count). The predicted molar refractivity (Wildman–Crippen MR) is 100 cm³/mol. The summed E-state index contributed by atoms with van der Waals surface area (Å²) in [7, 11) is 0. The number of benzene rings is 1. The van der Waals surface area contributed by atoms with Crippen LogP contribution in [-0.4, -0.2) is 59.2 Å². The van der Waals surface area contributed by atoms with E-state index in [4.69, 9.17) is 9.47 Å². The van der Waals surface area contributed by atoms with E-state index < -0.39 is 5.72 Å². The Bertz CT molecular complexity index is 732. The van der Waals surface area contributed by atoms with Gasteiger partial charge in [-0.2, -0.15) is 0 Å². The van der Waals surface area contributed by atoms with Gasteiger partial charge in [0.1, 0.15) is 5.75 Å². The number of rotatable bonds is 5. The summed E-state index contributed by atoms with van der Waals surface area (Å²) in [5, 5.41) is 0. The lowest BCUT2D eigenvalue weighted by molar-refractivity contribution is -0.139. The van der Waals surface area contributed by atoms with Gasteiger partial charge in [-0.25, -0.2) is 0 Å². The monoisotopic (exact) mass is 372 g/mol. The number of hydrogen-bond donors (Lipinski definition) is 0. The van der Waals surface area contributed by atoms with Crippen LogP contribution in [-0.2, 0) is 9.53 Å². The van der Waals surface area contributed by atoms with Gasteiger partial charge in [0.2, 0.25) is 5.91 Å². The SMILES string of the molecule is CCCOc1ccc(C(=O)N2CC[C@@]34OC[C@@H](C(C)C)N3C(=O)C[C@@H]24)cc1. The molecule has 0 aliphatic carbocycles. The van der Waals surface area contributed by atoms with Crippen LogP contribution >= 0.6 is 0 Å². The number of amides is 2. The van der Waals surface area contributed by atoms with E-state index in [9.17, 15) is 9.59 Å². The van der Waals surface area contributed by atoms with E-state index in [0.717, 1.165) is 12.2 Å². The Morgan fingerprint density at radius 2 is 2.07 bits per heavy atom. The third-order valence-corrected chi connectivity index (χ3v) is 6.09. The van der Waals surface area contributed by atoms with Gasteiger partial charge in [-0.1, -0.05) is 20.8 Å². The first-order valence-corrected chi connectivity index (χ1v) is 9.98. The molecule has 2 amide bonds. The van der Waals surface area contributed by atoms with E-state index in [1.807, 2.05) is 21.9 Å². The van der Waals surface area contributed by atoms with Crippen molar-refractivity contribution in [1.29, 1.82) is 0 Å². The minimum Gasteiger partial charge on any atom is -0.494 e. The standard InChI is InChI=1S/C21H28N2O4/c1-4-11-26-16-7-5-15(6-8-16)20(25)22-10-9-21-18(22)12-19(24)23(21)17(13-27-21)14(2)3/h5-8,14,17-18H,4,9-13H2,1-3H3/t17-,18+,21-/m0/s1. The van der Waals surface area contributed by atoms with Crippen molar-refractivity contribution in [1.82, 2.24) is 9.80 Å². The molecule has 1 aromatic rings. The maximum absolute atomic E-state index is 13.1. The van der Waals surface area contributed by atoms with Crippen LogP contribution in [0.4, 0.5) is 0 Å². The summed E-state index contributed by atoms with van der Waals surface area (Å²) in [6.07, 6.45) is 1.99. The average Bonchev–Trinajstić information content (AvgIpc) is 3.29. The Balaban J connectivity index is 1.53. The van der Waals surface area contributed by atoms with E-state index in [-0.39, 0.29) is 23.9 Å². The Morgan fingerprint density at radius 1 is 1.33 bits per heavy atom.